The molecule has 0 spiro atoms. The predicted octanol–water partition coefficient (Wildman–Crippen LogP) is 4.67. The van der Waals surface area contributed by atoms with E-state index in [0.29, 0.717) is 11.8 Å². The van der Waals surface area contributed by atoms with Gasteiger partial charge in [0.1, 0.15) is 0 Å². The van der Waals surface area contributed by atoms with E-state index in [0.717, 1.165) is 40.8 Å². The van der Waals surface area contributed by atoms with Crippen LogP contribution in [-0.2, 0) is 4.79 Å². The van der Waals surface area contributed by atoms with Crippen LogP contribution in [0.5, 0.6) is 0 Å². The molecule has 2 N–H and O–H groups in total. The second-order valence-corrected chi connectivity index (χ2v) is 8.97. The van der Waals surface area contributed by atoms with E-state index in [1.165, 1.54) is 38.5 Å². The van der Waals surface area contributed by atoms with Crippen molar-refractivity contribution < 1.29 is 4.79 Å². The normalized spacial score (nSPS) is 31.9. The van der Waals surface area contributed by atoms with E-state index in [1.54, 1.807) is 6.20 Å². The Balaban J connectivity index is 1.19. The third kappa shape index (κ3) is 2.95. The molecule has 4 fully saturated rings. The van der Waals surface area contributed by atoms with Crippen LogP contribution < -0.4 is 10.9 Å². The standard InChI is InChI=1S/C22H27N3O/c26-21(25-24-20-5-1-4-19-18(20)3-2-8-23-19)6-7-22-12-15-9-16(13-22)11-17(10-15)14-22/h1-5,8,15-17,24H,6-7,9-14H2,(H,25,26). The van der Waals surface area contributed by atoms with Crippen LogP contribution in [0, 0.1) is 23.2 Å². The van der Waals surface area contributed by atoms with E-state index < -0.39 is 0 Å². The Morgan fingerprint density at radius 2 is 1.77 bits per heavy atom. The molecule has 0 radical (unpaired) electrons. The SMILES string of the molecule is O=C(CCC12CC3CC(CC(C3)C1)C2)NNc1cccc2ncccc12. The van der Waals surface area contributed by atoms with Crippen molar-refractivity contribution in [3.05, 3.63) is 36.5 Å². The molecule has 2 aromatic rings. The zero-order valence-electron chi connectivity index (χ0n) is 15.2. The van der Waals surface area contributed by atoms with Gasteiger partial charge in [0.05, 0.1) is 11.2 Å². The smallest absolute Gasteiger partial charge is 0.238 e. The average Bonchev–Trinajstić information content (AvgIpc) is 2.64. The highest BCUT2D eigenvalue weighted by atomic mass is 16.2. The summed E-state index contributed by atoms with van der Waals surface area (Å²) in [6.45, 7) is 0. The van der Waals surface area contributed by atoms with Gasteiger partial charge in [-0.25, -0.2) is 0 Å². The minimum atomic E-state index is 0.0987. The Labute approximate surface area is 154 Å². The molecule has 4 heteroatoms. The summed E-state index contributed by atoms with van der Waals surface area (Å²) in [5, 5.41) is 1.02. The number of rotatable bonds is 5. The van der Waals surface area contributed by atoms with Gasteiger partial charge in [0.2, 0.25) is 5.91 Å². The lowest BCUT2D eigenvalue weighted by atomic mass is 9.48. The number of anilines is 1. The number of benzene rings is 1. The van der Waals surface area contributed by atoms with E-state index in [2.05, 4.69) is 15.8 Å². The van der Waals surface area contributed by atoms with Crippen LogP contribution in [0.3, 0.4) is 0 Å². The fourth-order valence-electron chi connectivity index (χ4n) is 6.39. The predicted molar refractivity (Wildman–Crippen MR) is 103 cm³/mol. The van der Waals surface area contributed by atoms with Gasteiger partial charge >= 0.3 is 0 Å². The quantitative estimate of drug-likeness (QED) is 0.771. The molecule has 0 atom stereocenters. The molecular formula is C22H27N3O. The first kappa shape index (κ1) is 16.1. The van der Waals surface area contributed by atoms with Crippen LogP contribution >= 0.6 is 0 Å². The highest BCUT2D eigenvalue weighted by molar-refractivity contribution is 5.92. The lowest BCUT2D eigenvalue weighted by Gasteiger charge is -2.57. The van der Waals surface area contributed by atoms with Crippen LogP contribution in [-0.4, -0.2) is 10.9 Å². The zero-order valence-corrected chi connectivity index (χ0v) is 15.2. The second kappa shape index (κ2) is 6.26. The monoisotopic (exact) mass is 349 g/mol. The Morgan fingerprint density at radius 1 is 1.04 bits per heavy atom. The van der Waals surface area contributed by atoms with Gasteiger partial charge in [0.15, 0.2) is 0 Å². The highest BCUT2D eigenvalue weighted by Gasteiger charge is 2.50. The summed E-state index contributed by atoms with van der Waals surface area (Å²) >= 11 is 0. The Kier molecular flexibility index (Phi) is 3.87. The molecule has 4 aliphatic carbocycles. The third-order valence-corrected chi connectivity index (χ3v) is 7.03. The van der Waals surface area contributed by atoms with Crippen molar-refractivity contribution in [2.24, 2.45) is 23.2 Å². The number of hydrogen-bond acceptors (Lipinski definition) is 3. The summed E-state index contributed by atoms with van der Waals surface area (Å²) in [6, 6.07) is 9.85. The van der Waals surface area contributed by atoms with Gasteiger partial charge in [0, 0.05) is 18.0 Å². The molecule has 4 saturated carbocycles. The molecule has 136 valence electrons. The first-order valence-corrected chi connectivity index (χ1v) is 10.1. The Morgan fingerprint density at radius 3 is 2.50 bits per heavy atom. The van der Waals surface area contributed by atoms with Crippen LogP contribution in [0.15, 0.2) is 36.5 Å². The van der Waals surface area contributed by atoms with Gasteiger partial charge in [-0.05, 0) is 92.4 Å². The van der Waals surface area contributed by atoms with Gasteiger partial charge in [-0.2, -0.15) is 0 Å². The number of aromatic nitrogens is 1. The summed E-state index contributed by atoms with van der Waals surface area (Å²) in [4.78, 5) is 16.8. The molecule has 0 saturated heterocycles. The summed E-state index contributed by atoms with van der Waals surface area (Å²) in [5.41, 5.74) is 8.31. The molecular weight excluding hydrogens is 322 g/mol. The largest absolute Gasteiger partial charge is 0.298 e. The van der Waals surface area contributed by atoms with Gasteiger partial charge in [-0.1, -0.05) is 6.07 Å². The van der Waals surface area contributed by atoms with E-state index in [1.807, 2.05) is 30.3 Å². The number of hydrazine groups is 1. The number of carbonyl (C=O) groups is 1. The molecule has 4 bridgehead atoms. The van der Waals surface area contributed by atoms with Crippen LogP contribution in [0.2, 0.25) is 0 Å². The first-order valence-electron chi connectivity index (χ1n) is 10.1. The molecule has 4 aliphatic rings. The molecule has 0 unspecified atom stereocenters. The van der Waals surface area contributed by atoms with E-state index in [-0.39, 0.29) is 5.91 Å². The van der Waals surface area contributed by atoms with Crippen molar-refractivity contribution in [3.63, 3.8) is 0 Å². The minimum absolute atomic E-state index is 0.0987. The fourth-order valence-corrected chi connectivity index (χ4v) is 6.39. The van der Waals surface area contributed by atoms with Gasteiger partial charge in [-0.3, -0.25) is 20.6 Å². The van der Waals surface area contributed by atoms with Crippen molar-refractivity contribution in [1.29, 1.82) is 0 Å². The number of nitrogens with zero attached hydrogens (tertiary/aromatic N) is 1. The maximum Gasteiger partial charge on any atom is 0.238 e. The number of amides is 1. The summed E-state index contributed by atoms with van der Waals surface area (Å²) in [7, 11) is 0. The molecule has 1 aromatic carbocycles. The number of pyridine rings is 1. The minimum Gasteiger partial charge on any atom is -0.298 e. The maximum atomic E-state index is 12.5. The topological polar surface area (TPSA) is 54.0 Å². The summed E-state index contributed by atoms with van der Waals surface area (Å²) < 4.78 is 0. The molecule has 0 aliphatic heterocycles. The van der Waals surface area contributed by atoms with Crippen LogP contribution in [0.4, 0.5) is 5.69 Å². The fraction of sp³-hybridized carbons (Fsp3) is 0.545. The molecule has 4 nitrogen and oxygen atoms in total. The molecule has 6 rings (SSSR count). The Hall–Kier alpha value is -2.10. The lowest BCUT2D eigenvalue weighted by molar-refractivity contribution is -0.123. The van der Waals surface area contributed by atoms with Gasteiger partial charge in [0.25, 0.3) is 0 Å². The number of hydrogen-bond donors (Lipinski definition) is 2. The van der Waals surface area contributed by atoms with Crippen molar-refractivity contribution in [1.82, 2.24) is 10.4 Å². The molecule has 1 amide bonds. The molecule has 1 aromatic heterocycles. The van der Waals surface area contributed by atoms with E-state index in [4.69, 9.17) is 0 Å². The maximum absolute atomic E-state index is 12.5. The second-order valence-electron chi connectivity index (χ2n) is 8.97. The third-order valence-electron chi connectivity index (χ3n) is 7.03. The molecule has 26 heavy (non-hydrogen) atoms. The van der Waals surface area contributed by atoms with Gasteiger partial charge in [-0.15, -0.1) is 0 Å². The first-order chi connectivity index (χ1) is 12.7. The Bertz CT molecular complexity index is 790. The van der Waals surface area contributed by atoms with E-state index in [9.17, 15) is 4.79 Å². The average molecular weight is 349 g/mol. The van der Waals surface area contributed by atoms with Gasteiger partial charge < -0.3 is 0 Å². The van der Waals surface area contributed by atoms with Crippen LogP contribution in [0.25, 0.3) is 10.9 Å². The zero-order chi connectivity index (χ0) is 17.6. The highest BCUT2D eigenvalue weighted by Crippen LogP contribution is 2.61. The van der Waals surface area contributed by atoms with Crippen molar-refractivity contribution in [2.45, 2.75) is 51.4 Å². The van der Waals surface area contributed by atoms with Crippen molar-refractivity contribution in [3.8, 4) is 0 Å². The van der Waals surface area contributed by atoms with Crippen molar-refractivity contribution in [2.75, 3.05) is 5.43 Å². The molecule has 1 heterocycles. The summed E-state index contributed by atoms with van der Waals surface area (Å²) in [5.74, 6) is 2.95. The number of fused-ring (bicyclic) bond motifs is 1. The number of nitrogens with one attached hydrogen (secondary N) is 2. The van der Waals surface area contributed by atoms with Crippen molar-refractivity contribution >= 4 is 22.5 Å². The number of carbonyl (C=O) groups excluding carboxylic acids is 1. The summed E-state index contributed by atoms with van der Waals surface area (Å²) in [6.07, 6.45) is 12.0. The lowest BCUT2D eigenvalue weighted by Crippen LogP contribution is -2.46. The van der Waals surface area contributed by atoms with E-state index >= 15 is 0 Å². The van der Waals surface area contributed by atoms with Crippen LogP contribution in [0.1, 0.15) is 51.4 Å².